The minimum atomic E-state index is -0.624. The van der Waals surface area contributed by atoms with E-state index in [0.29, 0.717) is 5.69 Å². The summed E-state index contributed by atoms with van der Waals surface area (Å²) >= 11 is 6.01. The molecule has 1 rings (SSSR count). The summed E-state index contributed by atoms with van der Waals surface area (Å²) in [5.74, 6) is 0. The molecule has 1 aromatic rings. The molecule has 0 radical (unpaired) electrons. The van der Waals surface area contributed by atoms with E-state index in [-0.39, 0.29) is 17.1 Å². The molecule has 1 atom stereocenters. The van der Waals surface area contributed by atoms with E-state index in [9.17, 15) is 9.90 Å². The lowest BCUT2D eigenvalue weighted by molar-refractivity contribution is 0.0654. The SMILES string of the molecule is Cc1cc(C)c(NC(=O)NCC(O)C(C)(C)C)c(Cl)n1. The number of nitrogens with one attached hydrogen (secondary N) is 2. The fraction of sp³-hybridized carbons (Fsp3) is 0.571. The number of aliphatic hydroxyl groups is 1. The largest absolute Gasteiger partial charge is 0.391 e. The van der Waals surface area contributed by atoms with E-state index < -0.39 is 12.1 Å². The number of hydrogen-bond acceptors (Lipinski definition) is 3. The van der Waals surface area contributed by atoms with Crippen molar-refractivity contribution in [3.05, 3.63) is 22.5 Å². The first-order valence-corrected chi connectivity index (χ1v) is 6.85. The Hall–Kier alpha value is -1.33. The summed E-state index contributed by atoms with van der Waals surface area (Å²) in [7, 11) is 0. The Morgan fingerprint density at radius 1 is 1.45 bits per heavy atom. The summed E-state index contributed by atoms with van der Waals surface area (Å²) in [5, 5.41) is 15.4. The van der Waals surface area contributed by atoms with Crippen LogP contribution in [0.1, 0.15) is 32.0 Å². The fourth-order valence-corrected chi connectivity index (χ4v) is 1.92. The number of aliphatic hydroxyl groups excluding tert-OH is 1. The standard InChI is InChI=1S/C14H22ClN3O2/c1-8-6-9(2)17-12(15)11(8)18-13(20)16-7-10(19)14(3,4)5/h6,10,19H,7H2,1-5H3,(H2,16,18,20). The van der Waals surface area contributed by atoms with Crippen molar-refractivity contribution in [1.82, 2.24) is 10.3 Å². The highest BCUT2D eigenvalue weighted by atomic mass is 35.5. The molecule has 6 heteroatoms. The number of urea groups is 1. The third kappa shape index (κ3) is 4.65. The minimum Gasteiger partial charge on any atom is -0.391 e. The predicted molar refractivity (Wildman–Crippen MR) is 81.2 cm³/mol. The number of carbonyl (C=O) groups is 1. The molecule has 0 bridgehead atoms. The van der Waals surface area contributed by atoms with Gasteiger partial charge in [0.1, 0.15) is 0 Å². The molecular formula is C14H22ClN3O2. The van der Waals surface area contributed by atoms with E-state index >= 15 is 0 Å². The second-order valence-corrected chi connectivity index (χ2v) is 6.32. The molecule has 1 heterocycles. The van der Waals surface area contributed by atoms with Crippen LogP contribution in [-0.4, -0.2) is 28.8 Å². The molecular weight excluding hydrogens is 278 g/mol. The van der Waals surface area contributed by atoms with Crippen molar-refractivity contribution in [3.63, 3.8) is 0 Å². The Labute approximate surface area is 124 Å². The number of aryl methyl sites for hydroxylation is 2. The number of rotatable bonds is 3. The smallest absolute Gasteiger partial charge is 0.319 e. The van der Waals surface area contributed by atoms with Gasteiger partial charge in [-0.05, 0) is 30.9 Å². The number of amides is 2. The van der Waals surface area contributed by atoms with Crippen LogP contribution < -0.4 is 10.6 Å². The topological polar surface area (TPSA) is 74.2 Å². The lowest BCUT2D eigenvalue weighted by Gasteiger charge is -2.26. The molecule has 0 fully saturated rings. The van der Waals surface area contributed by atoms with Crippen LogP contribution in [0, 0.1) is 19.3 Å². The van der Waals surface area contributed by atoms with Crippen molar-refractivity contribution < 1.29 is 9.90 Å². The first-order chi connectivity index (χ1) is 9.11. The van der Waals surface area contributed by atoms with Crippen LogP contribution in [0.3, 0.4) is 0 Å². The maximum atomic E-state index is 11.8. The number of anilines is 1. The molecule has 0 aliphatic heterocycles. The van der Waals surface area contributed by atoms with Gasteiger partial charge in [-0.25, -0.2) is 9.78 Å². The predicted octanol–water partition coefficient (Wildman–Crippen LogP) is 2.88. The van der Waals surface area contributed by atoms with Crippen LogP contribution in [0.25, 0.3) is 0 Å². The van der Waals surface area contributed by atoms with Crippen LogP contribution >= 0.6 is 11.6 Å². The Kier molecular flexibility index (Phi) is 5.36. The van der Waals surface area contributed by atoms with Gasteiger partial charge in [0.25, 0.3) is 0 Å². The Bertz CT molecular complexity index is 475. The molecule has 0 spiro atoms. The molecule has 0 aliphatic rings. The summed E-state index contributed by atoms with van der Waals surface area (Å²) in [6.07, 6.45) is -0.624. The van der Waals surface area contributed by atoms with Crippen molar-refractivity contribution >= 4 is 23.3 Å². The molecule has 0 saturated carbocycles. The van der Waals surface area contributed by atoms with Crippen LogP contribution in [0.2, 0.25) is 5.15 Å². The number of nitrogens with zero attached hydrogens (tertiary/aromatic N) is 1. The van der Waals surface area contributed by atoms with Gasteiger partial charge in [-0.15, -0.1) is 0 Å². The third-order valence-corrected chi connectivity index (χ3v) is 3.27. The average molecular weight is 300 g/mol. The van der Waals surface area contributed by atoms with E-state index in [1.165, 1.54) is 0 Å². The quantitative estimate of drug-likeness (QED) is 0.751. The van der Waals surface area contributed by atoms with Crippen molar-refractivity contribution in [2.24, 2.45) is 5.41 Å². The Morgan fingerprint density at radius 3 is 2.55 bits per heavy atom. The number of carbonyl (C=O) groups excluding carboxylic acids is 1. The first-order valence-electron chi connectivity index (χ1n) is 6.48. The maximum Gasteiger partial charge on any atom is 0.319 e. The van der Waals surface area contributed by atoms with Crippen molar-refractivity contribution in [2.45, 2.75) is 40.7 Å². The van der Waals surface area contributed by atoms with E-state index in [4.69, 9.17) is 11.6 Å². The molecule has 112 valence electrons. The second-order valence-electron chi connectivity index (χ2n) is 5.96. The molecule has 1 aromatic heterocycles. The van der Waals surface area contributed by atoms with Crippen LogP contribution in [-0.2, 0) is 0 Å². The van der Waals surface area contributed by atoms with Crippen molar-refractivity contribution in [2.75, 3.05) is 11.9 Å². The zero-order chi connectivity index (χ0) is 15.5. The molecule has 0 aromatic carbocycles. The van der Waals surface area contributed by atoms with Gasteiger partial charge in [0.05, 0.1) is 11.8 Å². The van der Waals surface area contributed by atoms with Gasteiger partial charge < -0.3 is 15.7 Å². The highest BCUT2D eigenvalue weighted by Gasteiger charge is 2.22. The summed E-state index contributed by atoms with van der Waals surface area (Å²) in [4.78, 5) is 15.9. The van der Waals surface area contributed by atoms with Crippen LogP contribution in [0.15, 0.2) is 6.07 Å². The fourth-order valence-electron chi connectivity index (χ4n) is 1.59. The first kappa shape index (κ1) is 16.7. The molecule has 5 nitrogen and oxygen atoms in total. The second kappa shape index (κ2) is 6.41. The highest BCUT2D eigenvalue weighted by Crippen LogP contribution is 2.24. The Morgan fingerprint density at radius 2 is 2.05 bits per heavy atom. The van der Waals surface area contributed by atoms with Gasteiger partial charge in [0.15, 0.2) is 5.15 Å². The van der Waals surface area contributed by atoms with Crippen molar-refractivity contribution in [1.29, 1.82) is 0 Å². The summed E-state index contributed by atoms with van der Waals surface area (Å²) < 4.78 is 0. The zero-order valence-corrected chi connectivity index (χ0v) is 13.3. The number of halogens is 1. The van der Waals surface area contributed by atoms with Gasteiger partial charge in [-0.3, -0.25) is 0 Å². The van der Waals surface area contributed by atoms with Gasteiger partial charge in [0, 0.05) is 12.2 Å². The lowest BCUT2D eigenvalue weighted by Crippen LogP contribution is -2.41. The molecule has 20 heavy (non-hydrogen) atoms. The lowest BCUT2D eigenvalue weighted by atomic mass is 9.89. The highest BCUT2D eigenvalue weighted by molar-refractivity contribution is 6.32. The number of pyridine rings is 1. The van der Waals surface area contributed by atoms with Gasteiger partial charge in [-0.2, -0.15) is 0 Å². The normalized spacial score (nSPS) is 12.9. The summed E-state index contributed by atoms with van der Waals surface area (Å²) in [5.41, 5.74) is 1.84. The number of aromatic nitrogens is 1. The van der Waals surface area contributed by atoms with E-state index in [0.717, 1.165) is 11.3 Å². The average Bonchev–Trinajstić information content (AvgIpc) is 2.29. The zero-order valence-electron chi connectivity index (χ0n) is 12.5. The van der Waals surface area contributed by atoms with Crippen LogP contribution in [0.5, 0.6) is 0 Å². The van der Waals surface area contributed by atoms with Crippen LogP contribution in [0.4, 0.5) is 10.5 Å². The van der Waals surface area contributed by atoms with Gasteiger partial charge >= 0.3 is 6.03 Å². The van der Waals surface area contributed by atoms with Gasteiger partial charge in [0.2, 0.25) is 0 Å². The molecule has 1 unspecified atom stereocenters. The summed E-state index contributed by atoms with van der Waals surface area (Å²) in [6, 6.07) is 1.43. The van der Waals surface area contributed by atoms with E-state index in [1.807, 2.05) is 40.7 Å². The van der Waals surface area contributed by atoms with E-state index in [1.54, 1.807) is 0 Å². The summed E-state index contributed by atoms with van der Waals surface area (Å²) in [6.45, 7) is 9.57. The number of hydrogen-bond donors (Lipinski definition) is 3. The Balaban J connectivity index is 2.64. The minimum absolute atomic E-state index is 0.172. The van der Waals surface area contributed by atoms with Gasteiger partial charge in [-0.1, -0.05) is 32.4 Å². The third-order valence-electron chi connectivity index (χ3n) is 2.99. The molecule has 0 aliphatic carbocycles. The monoisotopic (exact) mass is 299 g/mol. The molecule has 2 amide bonds. The maximum absolute atomic E-state index is 11.8. The molecule has 0 saturated heterocycles. The van der Waals surface area contributed by atoms with E-state index in [2.05, 4.69) is 15.6 Å². The van der Waals surface area contributed by atoms with Crippen molar-refractivity contribution in [3.8, 4) is 0 Å². The molecule has 3 N–H and O–H groups in total.